The maximum atomic E-state index is 12.3. The van der Waals surface area contributed by atoms with Crippen LogP contribution in [0.4, 0.5) is 0 Å². The first-order valence-electron chi connectivity index (χ1n) is 7.18. The zero-order valence-corrected chi connectivity index (χ0v) is 12.9. The van der Waals surface area contributed by atoms with Crippen molar-refractivity contribution in [3.8, 4) is 11.3 Å². The number of rotatable bonds is 6. The average molecular weight is 296 g/mol. The summed E-state index contributed by atoms with van der Waals surface area (Å²) in [5.41, 5.74) is 5.84. The van der Waals surface area contributed by atoms with Crippen molar-refractivity contribution >= 4 is 5.91 Å². The molecule has 5 heteroatoms. The third-order valence-electron chi connectivity index (χ3n) is 3.07. The van der Waals surface area contributed by atoms with Crippen LogP contribution >= 0.6 is 0 Å². The second-order valence-electron chi connectivity index (χ2n) is 5.07. The molecule has 0 saturated carbocycles. The van der Waals surface area contributed by atoms with Crippen LogP contribution in [0.25, 0.3) is 11.3 Å². The van der Waals surface area contributed by atoms with E-state index in [0.29, 0.717) is 18.8 Å². The van der Waals surface area contributed by atoms with Gasteiger partial charge in [-0.05, 0) is 13.0 Å². The highest BCUT2D eigenvalue weighted by molar-refractivity contribution is 5.92. The summed E-state index contributed by atoms with van der Waals surface area (Å²) in [6, 6.07) is 11.4. The first-order chi connectivity index (χ1) is 10.6. The number of nitrogens with one attached hydrogen (secondary N) is 1. The molecule has 0 aliphatic heterocycles. The third-order valence-corrected chi connectivity index (χ3v) is 3.07. The molecule has 1 aromatic carbocycles. The molecule has 2 aromatic rings. The molecule has 0 bridgehead atoms. The largest absolute Gasteiger partial charge is 0.284 e. The van der Waals surface area contributed by atoms with E-state index in [1.54, 1.807) is 11.1 Å². The van der Waals surface area contributed by atoms with E-state index in [1.165, 1.54) is 6.33 Å². The zero-order chi connectivity index (χ0) is 15.9. The Balaban J connectivity index is 2.15. The fourth-order valence-electron chi connectivity index (χ4n) is 2.01. The van der Waals surface area contributed by atoms with Gasteiger partial charge >= 0.3 is 0 Å². The van der Waals surface area contributed by atoms with Crippen LogP contribution in [0.1, 0.15) is 24.3 Å². The molecule has 0 saturated heterocycles. The second kappa shape index (κ2) is 7.47. The average Bonchev–Trinajstić information content (AvgIpc) is 2.54. The van der Waals surface area contributed by atoms with E-state index in [4.69, 9.17) is 0 Å². The molecule has 5 nitrogen and oxygen atoms in total. The van der Waals surface area contributed by atoms with Gasteiger partial charge in [-0.2, -0.15) is 0 Å². The summed E-state index contributed by atoms with van der Waals surface area (Å²) >= 11 is 0. The highest BCUT2D eigenvalue weighted by Gasteiger charge is 2.12. The summed E-state index contributed by atoms with van der Waals surface area (Å²) in [5.74, 6) is -0.248. The molecule has 1 N–H and O–H groups in total. The van der Waals surface area contributed by atoms with Gasteiger partial charge in [-0.25, -0.2) is 15.0 Å². The number of hydrogen-bond donors (Lipinski definition) is 1. The number of carbonyl (C=O) groups excluding carboxylic acids is 1. The monoisotopic (exact) mass is 296 g/mol. The molecule has 0 atom stereocenters. The molecule has 1 aromatic heterocycles. The minimum atomic E-state index is -0.248. The number of likely N-dealkylation sites (N-methyl/N-ethyl adjacent to an activating group) is 1. The Labute approximate surface area is 130 Å². The highest BCUT2D eigenvalue weighted by atomic mass is 16.2. The Bertz CT molecular complexity index is 655. The Morgan fingerprint density at radius 3 is 2.64 bits per heavy atom. The molecule has 0 radical (unpaired) electrons. The molecule has 1 heterocycles. The smallest absolute Gasteiger partial charge is 0.283 e. The van der Waals surface area contributed by atoms with Gasteiger partial charge in [0.1, 0.15) is 12.0 Å². The van der Waals surface area contributed by atoms with Crippen LogP contribution in [-0.2, 0) is 0 Å². The molecule has 0 aliphatic rings. The van der Waals surface area contributed by atoms with E-state index >= 15 is 0 Å². The predicted molar refractivity (Wildman–Crippen MR) is 87.0 cm³/mol. The van der Waals surface area contributed by atoms with Gasteiger partial charge in [0.05, 0.1) is 5.69 Å². The molecular formula is C17H20N4O. The van der Waals surface area contributed by atoms with Crippen molar-refractivity contribution in [3.63, 3.8) is 0 Å². The summed E-state index contributed by atoms with van der Waals surface area (Å²) in [6.07, 6.45) is 1.41. The summed E-state index contributed by atoms with van der Waals surface area (Å²) in [5, 5.41) is 1.80. The van der Waals surface area contributed by atoms with Crippen molar-refractivity contribution in [2.75, 3.05) is 13.1 Å². The third kappa shape index (κ3) is 4.23. The lowest BCUT2D eigenvalue weighted by atomic mass is 10.1. The molecule has 114 valence electrons. The molecule has 22 heavy (non-hydrogen) atoms. The van der Waals surface area contributed by atoms with E-state index in [0.717, 1.165) is 16.8 Å². The van der Waals surface area contributed by atoms with Gasteiger partial charge in [0.2, 0.25) is 0 Å². The van der Waals surface area contributed by atoms with Crippen LogP contribution in [0.3, 0.4) is 0 Å². The minimum Gasteiger partial charge on any atom is -0.283 e. The van der Waals surface area contributed by atoms with Gasteiger partial charge in [0.25, 0.3) is 5.91 Å². The topological polar surface area (TPSA) is 58.1 Å². The molecular weight excluding hydrogens is 276 g/mol. The van der Waals surface area contributed by atoms with Crippen LogP contribution in [0.2, 0.25) is 0 Å². The van der Waals surface area contributed by atoms with Crippen molar-refractivity contribution < 1.29 is 4.79 Å². The van der Waals surface area contributed by atoms with Gasteiger partial charge in [0, 0.05) is 18.7 Å². The van der Waals surface area contributed by atoms with Crippen molar-refractivity contribution in [1.29, 1.82) is 0 Å². The molecule has 0 unspecified atom stereocenters. The van der Waals surface area contributed by atoms with Gasteiger partial charge in [-0.3, -0.25) is 10.2 Å². The first-order valence-corrected chi connectivity index (χ1v) is 7.18. The van der Waals surface area contributed by atoms with E-state index in [-0.39, 0.29) is 5.91 Å². The molecule has 0 fully saturated rings. The minimum absolute atomic E-state index is 0.248. The molecule has 0 aliphatic carbocycles. The lowest BCUT2D eigenvalue weighted by Gasteiger charge is -2.21. The maximum absolute atomic E-state index is 12.3. The number of carbonyl (C=O) groups is 1. The first kappa shape index (κ1) is 15.9. The summed E-state index contributed by atoms with van der Waals surface area (Å²) in [4.78, 5) is 20.6. The molecule has 0 spiro atoms. The molecule has 2 rings (SSSR count). The lowest BCUT2D eigenvalue weighted by molar-refractivity contribution is 0.0806. The fraction of sp³-hybridized carbons (Fsp3) is 0.235. The Morgan fingerprint density at radius 2 is 2.00 bits per heavy atom. The standard InChI is InChI=1S/C17H20N4O/c1-4-21(11-13(2)3)20-17(22)16-10-15(18-12-19-16)14-8-6-5-7-9-14/h5-10,12H,2,4,11H2,1,3H3,(H,20,22). The summed E-state index contributed by atoms with van der Waals surface area (Å²) < 4.78 is 0. The summed E-state index contributed by atoms with van der Waals surface area (Å²) in [7, 11) is 0. The Hall–Kier alpha value is -2.53. The van der Waals surface area contributed by atoms with E-state index < -0.39 is 0 Å². The van der Waals surface area contributed by atoms with Crippen molar-refractivity contribution in [3.05, 3.63) is 60.6 Å². The van der Waals surface area contributed by atoms with Crippen molar-refractivity contribution in [1.82, 2.24) is 20.4 Å². The number of nitrogens with zero attached hydrogens (tertiary/aromatic N) is 3. The van der Waals surface area contributed by atoms with Gasteiger partial charge < -0.3 is 0 Å². The maximum Gasteiger partial charge on any atom is 0.284 e. The van der Waals surface area contributed by atoms with Crippen LogP contribution in [0.5, 0.6) is 0 Å². The second-order valence-corrected chi connectivity index (χ2v) is 5.07. The van der Waals surface area contributed by atoms with E-state index in [2.05, 4.69) is 22.0 Å². The van der Waals surface area contributed by atoms with Gasteiger partial charge in [-0.15, -0.1) is 0 Å². The lowest BCUT2D eigenvalue weighted by Crippen LogP contribution is -2.43. The fourth-order valence-corrected chi connectivity index (χ4v) is 2.01. The Morgan fingerprint density at radius 1 is 1.27 bits per heavy atom. The van der Waals surface area contributed by atoms with Crippen LogP contribution in [0.15, 0.2) is 54.9 Å². The van der Waals surface area contributed by atoms with Gasteiger partial charge in [0.15, 0.2) is 0 Å². The Kier molecular flexibility index (Phi) is 5.38. The number of benzene rings is 1. The quantitative estimate of drug-likeness (QED) is 0.658. The number of aromatic nitrogens is 2. The highest BCUT2D eigenvalue weighted by Crippen LogP contribution is 2.16. The van der Waals surface area contributed by atoms with E-state index in [9.17, 15) is 4.79 Å². The van der Waals surface area contributed by atoms with Crippen LogP contribution < -0.4 is 5.43 Å². The van der Waals surface area contributed by atoms with Crippen LogP contribution in [-0.4, -0.2) is 34.0 Å². The number of hydrogen-bond acceptors (Lipinski definition) is 4. The zero-order valence-electron chi connectivity index (χ0n) is 12.9. The van der Waals surface area contributed by atoms with Crippen molar-refractivity contribution in [2.24, 2.45) is 0 Å². The number of amides is 1. The predicted octanol–water partition coefficient (Wildman–Crippen LogP) is 2.69. The SMILES string of the molecule is C=C(C)CN(CC)NC(=O)c1cc(-c2ccccc2)ncn1. The van der Waals surface area contributed by atoms with E-state index in [1.807, 2.05) is 44.2 Å². The molecule has 1 amide bonds. The normalized spacial score (nSPS) is 10.5. The summed E-state index contributed by atoms with van der Waals surface area (Å²) in [6.45, 7) is 9.05. The van der Waals surface area contributed by atoms with Crippen molar-refractivity contribution in [2.45, 2.75) is 13.8 Å². The van der Waals surface area contributed by atoms with Crippen LogP contribution in [0, 0.1) is 0 Å². The van der Waals surface area contributed by atoms with Gasteiger partial charge in [-0.1, -0.05) is 49.4 Å². The number of hydrazine groups is 1.